The van der Waals surface area contributed by atoms with E-state index in [1.54, 1.807) is 29.2 Å². The molecule has 4 nitrogen and oxygen atoms in total. The van der Waals surface area contributed by atoms with Crippen molar-refractivity contribution < 1.29 is 14.3 Å². The first-order chi connectivity index (χ1) is 7.59. The van der Waals surface area contributed by atoms with Crippen LogP contribution in [0, 0.1) is 0 Å². The number of nitrogens with zero attached hydrogens (tertiary/aromatic N) is 1. The Kier molecular flexibility index (Phi) is 2.64. The van der Waals surface area contributed by atoms with Crippen LogP contribution in [0.25, 0.3) is 0 Å². The van der Waals surface area contributed by atoms with Crippen molar-refractivity contribution in [3.63, 3.8) is 0 Å². The third-order valence-electron chi connectivity index (χ3n) is 2.49. The van der Waals surface area contributed by atoms with Crippen molar-refractivity contribution in [2.75, 3.05) is 6.54 Å². The van der Waals surface area contributed by atoms with Gasteiger partial charge in [0.25, 0.3) is 5.91 Å². The average molecular weight is 219 g/mol. The maximum atomic E-state index is 12.0. The van der Waals surface area contributed by atoms with Gasteiger partial charge in [-0.05, 0) is 19.1 Å². The van der Waals surface area contributed by atoms with Crippen LogP contribution in [0.3, 0.4) is 0 Å². The molecule has 1 saturated heterocycles. The Labute approximate surface area is 93.8 Å². The molecule has 1 amide bonds. The first-order valence-corrected chi connectivity index (χ1v) is 5.18. The number of carbonyl (C=O) groups is 2. The van der Waals surface area contributed by atoms with E-state index in [9.17, 15) is 9.59 Å². The molecular formula is C12H13NO3. The molecule has 0 N–H and O–H groups in total. The summed E-state index contributed by atoms with van der Waals surface area (Å²) in [5.41, 5.74) is 0.446. The summed E-state index contributed by atoms with van der Waals surface area (Å²) in [7, 11) is 0. The fraction of sp³-hybridized carbons (Fsp3) is 0.333. The highest BCUT2D eigenvalue weighted by molar-refractivity contribution is 5.99. The van der Waals surface area contributed by atoms with Gasteiger partial charge in [0.2, 0.25) is 0 Å². The summed E-state index contributed by atoms with van der Waals surface area (Å²) in [4.78, 5) is 24.6. The lowest BCUT2D eigenvalue weighted by Gasteiger charge is -2.08. The van der Waals surface area contributed by atoms with E-state index in [1.165, 1.54) is 6.92 Å². The Bertz CT molecular complexity index is 442. The molecular weight excluding hydrogens is 206 g/mol. The normalized spacial score (nSPS) is 18.1. The molecule has 1 aromatic carbocycles. The molecule has 4 heteroatoms. The van der Waals surface area contributed by atoms with Crippen molar-refractivity contribution in [2.45, 2.75) is 19.9 Å². The molecule has 0 aliphatic carbocycles. The van der Waals surface area contributed by atoms with Crippen LogP contribution < -0.4 is 4.74 Å². The van der Waals surface area contributed by atoms with Crippen LogP contribution in [0.5, 0.6) is 5.75 Å². The van der Waals surface area contributed by atoms with Crippen LogP contribution in [0.4, 0.5) is 0 Å². The van der Waals surface area contributed by atoms with Gasteiger partial charge in [-0.1, -0.05) is 12.1 Å². The van der Waals surface area contributed by atoms with Gasteiger partial charge < -0.3 is 9.64 Å². The molecule has 0 bridgehead atoms. The van der Waals surface area contributed by atoms with Gasteiger partial charge in [-0.15, -0.1) is 0 Å². The Morgan fingerprint density at radius 3 is 2.56 bits per heavy atom. The molecule has 0 unspecified atom stereocenters. The second-order valence-electron chi connectivity index (χ2n) is 3.90. The molecule has 1 aliphatic rings. The van der Waals surface area contributed by atoms with Crippen molar-refractivity contribution >= 4 is 11.9 Å². The standard InChI is InChI=1S/C12H13NO3/c1-8-7-13(8)12(15)10-5-3-4-6-11(10)16-9(2)14/h3-6,8H,7H2,1-2H3/t8-,13?/m0/s1. The third kappa shape index (κ3) is 2.05. The van der Waals surface area contributed by atoms with Crippen LogP contribution in [-0.4, -0.2) is 29.4 Å². The highest BCUT2D eigenvalue weighted by atomic mass is 16.5. The van der Waals surface area contributed by atoms with Crippen LogP contribution >= 0.6 is 0 Å². The van der Waals surface area contributed by atoms with Crippen LogP contribution in [-0.2, 0) is 4.79 Å². The number of ether oxygens (including phenoxy) is 1. The maximum absolute atomic E-state index is 12.0. The van der Waals surface area contributed by atoms with E-state index in [1.807, 2.05) is 6.92 Å². The van der Waals surface area contributed by atoms with Gasteiger partial charge in [0.1, 0.15) is 5.75 Å². The molecule has 1 aliphatic heterocycles. The Morgan fingerprint density at radius 1 is 1.38 bits per heavy atom. The van der Waals surface area contributed by atoms with Gasteiger partial charge in [-0.25, -0.2) is 0 Å². The zero-order chi connectivity index (χ0) is 11.7. The molecule has 0 saturated carbocycles. The highest BCUT2D eigenvalue weighted by Crippen LogP contribution is 2.26. The quantitative estimate of drug-likeness (QED) is 0.429. The molecule has 2 rings (SSSR count). The molecule has 1 atom stereocenters. The third-order valence-corrected chi connectivity index (χ3v) is 2.49. The summed E-state index contributed by atoms with van der Waals surface area (Å²) in [6.07, 6.45) is 0. The minimum atomic E-state index is -0.418. The number of para-hydroxylation sites is 1. The molecule has 84 valence electrons. The number of amides is 1. The van der Waals surface area contributed by atoms with Gasteiger partial charge in [-0.2, -0.15) is 0 Å². The van der Waals surface area contributed by atoms with Crippen molar-refractivity contribution in [2.24, 2.45) is 0 Å². The molecule has 0 aromatic heterocycles. The Morgan fingerprint density at radius 2 is 2.00 bits per heavy atom. The SMILES string of the molecule is CC(=O)Oc1ccccc1C(=O)N1C[C@@H]1C. The smallest absolute Gasteiger partial charge is 0.308 e. The van der Waals surface area contributed by atoms with Gasteiger partial charge in [0.05, 0.1) is 5.56 Å². The zero-order valence-corrected chi connectivity index (χ0v) is 9.27. The van der Waals surface area contributed by atoms with E-state index in [0.29, 0.717) is 11.3 Å². The molecule has 0 spiro atoms. The maximum Gasteiger partial charge on any atom is 0.308 e. The lowest BCUT2D eigenvalue weighted by molar-refractivity contribution is -0.131. The van der Waals surface area contributed by atoms with E-state index in [4.69, 9.17) is 4.74 Å². The fourth-order valence-electron chi connectivity index (χ4n) is 1.56. The van der Waals surface area contributed by atoms with Crippen LogP contribution in [0.2, 0.25) is 0 Å². The topological polar surface area (TPSA) is 46.4 Å². The lowest BCUT2D eigenvalue weighted by Crippen LogP contribution is -2.15. The number of rotatable bonds is 2. The molecule has 1 heterocycles. The summed E-state index contributed by atoms with van der Waals surface area (Å²) < 4.78 is 4.99. The van der Waals surface area contributed by atoms with E-state index < -0.39 is 5.97 Å². The van der Waals surface area contributed by atoms with Crippen LogP contribution in [0.1, 0.15) is 24.2 Å². The second-order valence-corrected chi connectivity index (χ2v) is 3.90. The fourth-order valence-corrected chi connectivity index (χ4v) is 1.56. The lowest BCUT2D eigenvalue weighted by atomic mass is 10.2. The number of esters is 1. The van der Waals surface area contributed by atoms with Crippen molar-refractivity contribution in [1.29, 1.82) is 0 Å². The van der Waals surface area contributed by atoms with E-state index in [2.05, 4.69) is 0 Å². The molecule has 0 radical (unpaired) electrons. The van der Waals surface area contributed by atoms with Gasteiger partial charge in [-0.3, -0.25) is 9.59 Å². The Balaban J connectivity index is 2.25. The van der Waals surface area contributed by atoms with Gasteiger partial charge in [0.15, 0.2) is 0 Å². The summed E-state index contributed by atoms with van der Waals surface area (Å²) >= 11 is 0. The predicted octanol–water partition coefficient (Wildman–Crippen LogP) is 1.46. The minimum Gasteiger partial charge on any atom is -0.426 e. The predicted molar refractivity (Wildman–Crippen MR) is 58.2 cm³/mol. The molecule has 1 fully saturated rings. The number of hydrogen-bond donors (Lipinski definition) is 0. The van der Waals surface area contributed by atoms with Gasteiger partial charge >= 0.3 is 5.97 Å². The number of benzene rings is 1. The zero-order valence-electron chi connectivity index (χ0n) is 9.27. The summed E-state index contributed by atoms with van der Waals surface area (Å²) in [6, 6.07) is 7.08. The number of carbonyl (C=O) groups excluding carboxylic acids is 2. The highest BCUT2D eigenvalue weighted by Gasteiger charge is 2.35. The largest absolute Gasteiger partial charge is 0.426 e. The number of hydrogen-bond acceptors (Lipinski definition) is 3. The summed E-state index contributed by atoms with van der Waals surface area (Å²) in [6.45, 7) is 4.07. The minimum absolute atomic E-state index is 0.0793. The first-order valence-electron chi connectivity index (χ1n) is 5.18. The van der Waals surface area contributed by atoms with Crippen molar-refractivity contribution in [3.8, 4) is 5.75 Å². The molecule has 16 heavy (non-hydrogen) atoms. The van der Waals surface area contributed by atoms with E-state index in [-0.39, 0.29) is 11.9 Å². The monoisotopic (exact) mass is 219 g/mol. The van der Waals surface area contributed by atoms with Crippen LogP contribution in [0.15, 0.2) is 24.3 Å². The van der Waals surface area contributed by atoms with Crippen molar-refractivity contribution in [3.05, 3.63) is 29.8 Å². The summed E-state index contributed by atoms with van der Waals surface area (Å²) in [5.74, 6) is -0.164. The van der Waals surface area contributed by atoms with Crippen molar-refractivity contribution in [1.82, 2.24) is 4.90 Å². The first kappa shape index (κ1) is 10.7. The molecule has 1 aromatic rings. The van der Waals surface area contributed by atoms with E-state index >= 15 is 0 Å². The van der Waals surface area contributed by atoms with Gasteiger partial charge in [0, 0.05) is 19.5 Å². The Hall–Kier alpha value is -1.84. The summed E-state index contributed by atoms with van der Waals surface area (Å²) in [5, 5.41) is 0. The average Bonchev–Trinajstić information content (AvgIpc) is 2.94. The second kappa shape index (κ2) is 3.96. The van der Waals surface area contributed by atoms with E-state index in [0.717, 1.165) is 6.54 Å².